The molecule has 1 aromatic rings. The fourth-order valence-electron chi connectivity index (χ4n) is 0.730. The summed E-state index contributed by atoms with van der Waals surface area (Å²) in [4.78, 5) is 16.5. The van der Waals surface area contributed by atoms with Gasteiger partial charge in [0.25, 0.3) is 5.91 Å². The summed E-state index contributed by atoms with van der Waals surface area (Å²) in [6, 6.07) is 1.63. The molecule has 0 fully saturated rings. The molecule has 4 nitrogen and oxygen atoms in total. The summed E-state index contributed by atoms with van der Waals surface area (Å²) < 4.78 is 0. The summed E-state index contributed by atoms with van der Waals surface area (Å²) in [5, 5.41) is 11.0. The van der Waals surface area contributed by atoms with Crippen LogP contribution in [-0.4, -0.2) is 23.7 Å². The van der Waals surface area contributed by atoms with E-state index in [9.17, 15) is 4.79 Å². The molecule has 14 heavy (non-hydrogen) atoms. The minimum absolute atomic E-state index is 0.0503. The van der Waals surface area contributed by atoms with E-state index in [1.807, 2.05) is 0 Å². The molecular formula is C8H10ClNO3S. The zero-order chi connectivity index (χ0) is 10.6. The Labute approximate surface area is 90.4 Å². The quantitative estimate of drug-likeness (QED) is 0.777. The number of hydrogen-bond acceptors (Lipinski definition) is 4. The molecule has 6 heteroatoms. The number of aliphatic hydroxyl groups excluding tert-OH is 1. The standard InChI is InChI=1S/C8H10ClNO3S/c1-5(11)4-13-10-8(12)7-6(9)2-3-14-7/h2-3,5,11H,4H2,1H3,(H,10,12). The van der Waals surface area contributed by atoms with Crippen molar-refractivity contribution >= 4 is 28.8 Å². The SMILES string of the molecule is CC(O)CONC(=O)c1sccc1Cl. The molecule has 1 heterocycles. The molecule has 2 N–H and O–H groups in total. The lowest BCUT2D eigenvalue weighted by Gasteiger charge is -2.06. The summed E-state index contributed by atoms with van der Waals surface area (Å²) in [6.45, 7) is 1.61. The Morgan fingerprint density at radius 2 is 2.57 bits per heavy atom. The van der Waals surface area contributed by atoms with Crippen LogP contribution in [-0.2, 0) is 4.84 Å². The summed E-state index contributed by atoms with van der Waals surface area (Å²) in [6.07, 6.45) is -0.617. The Hall–Kier alpha value is -0.620. The Bertz CT molecular complexity index is 313. The van der Waals surface area contributed by atoms with Crippen LogP contribution in [0.25, 0.3) is 0 Å². The summed E-state index contributed by atoms with van der Waals surface area (Å²) in [7, 11) is 0. The minimum atomic E-state index is -0.617. The molecule has 1 unspecified atom stereocenters. The van der Waals surface area contributed by atoms with E-state index >= 15 is 0 Å². The zero-order valence-corrected chi connectivity index (χ0v) is 9.06. The normalized spacial score (nSPS) is 12.5. The molecule has 0 saturated carbocycles. The van der Waals surface area contributed by atoms with Crippen LogP contribution in [0.15, 0.2) is 11.4 Å². The van der Waals surface area contributed by atoms with Crippen LogP contribution in [0.1, 0.15) is 16.6 Å². The maximum atomic E-state index is 11.3. The monoisotopic (exact) mass is 235 g/mol. The summed E-state index contributed by atoms with van der Waals surface area (Å²) in [5.74, 6) is -0.398. The highest BCUT2D eigenvalue weighted by Gasteiger charge is 2.11. The van der Waals surface area contributed by atoms with Crippen molar-refractivity contribution in [2.24, 2.45) is 0 Å². The number of hydrogen-bond donors (Lipinski definition) is 2. The van der Waals surface area contributed by atoms with E-state index in [1.54, 1.807) is 18.4 Å². The van der Waals surface area contributed by atoms with Crippen molar-refractivity contribution in [3.05, 3.63) is 21.3 Å². The van der Waals surface area contributed by atoms with Crippen molar-refractivity contribution in [1.82, 2.24) is 5.48 Å². The van der Waals surface area contributed by atoms with Gasteiger partial charge in [-0.3, -0.25) is 9.63 Å². The predicted octanol–water partition coefficient (Wildman–Crippen LogP) is 1.44. The van der Waals surface area contributed by atoms with Crippen LogP contribution in [0.4, 0.5) is 0 Å². The van der Waals surface area contributed by atoms with Crippen molar-refractivity contribution in [3.8, 4) is 0 Å². The molecule has 0 bridgehead atoms. The predicted molar refractivity (Wildman–Crippen MR) is 54.4 cm³/mol. The van der Waals surface area contributed by atoms with Crippen molar-refractivity contribution in [3.63, 3.8) is 0 Å². The molecule has 0 radical (unpaired) electrons. The average molecular weight is 236 g/mol. The maximum Gasteiger partial charge on any atom is 0.286 e. The second kappa shape index (κ2) is 5.31. The Morgan fingerprint density at radius 3 is 3.07 bits per heavy atom. The minimum Gasteiger partial charge on any atom is -0.391 e. The van der Waals surface area contributed by atoms with Crippen molar-refractivity contribution in [2.75, 3.05) is 6.61 Å². The Kier molecular flexibility index (Phi) is 4.34. The number of amides is 1. The van der Waals surface area contributed by atoms with E-state index in [0.717, 1.165) is 0 Å². The van der Waals surface area contributed by atoms with Crippen LogP contribution < -0.4 is 5.48 Å². The molecule has 1 amide bonds. The van der Waals surface area contributed by atoms with Crippen LogP contribution in [0.3, 0.4) is 0 Å². The third kappa shape index (κ3) is 3.26. The van der Waals surface area contributed by atoms with Gasteiger partial charge in [0.2, 0.25) is 0 Å². The highest BCUT2D eigenvalue weighted by atomic mass is 35.5. The number of nitrogens with one attached hydrogen (secondary N) is 1. The topological polar surface area (TPSA) is 58.6 Å². The molecule has 78 valence electrons. The zero-order valence-electron chi connectivity index (χ0n) is 7.49. The van der Waals surface area contributed by atoms with Gasteiger partial charge in [-0.05, 0) is 18.4 Å². The smallest absolute Gasteiger partial charge is 0.286 e. The van der Waals surface area contributed by atoms with Gasteiger partial charge in [0.1, 0.15) is 11.5 Å². The third-order valence-corrected chi connectivity index (χ3v) is 2.65. The van der Waals surface area contributed by atoms with Gasteiger partial charge in [-0.1, -0.05) is 11.6 Å². The van der Waals surface area contributed by atoms with Crippen LogP contribution in [0.5, 0.6) is 0 Å². The number of rotatable bonds is 4. The number of hydroxylamine groups is 1. The fraction of sp³-hybridized carbons (Fsp3) is 0.375. The van der Waals surface area contributed by atoms with Gasteiger partial charge in [-0.15, -0.1) is 11.3 Å². The van der Waals surface area contributed by atoms with Gasteiger partial charge in [0.05, 0.1) is 11.1 Å². The molecule has 1 atom stereocenters. The fourth-order valence-corrected chi connectivity index (χ4v) is 1.76. The third-order valence-electron chi connectivity index (χ3n) is 1.31. The average Bonchev–Trinajstić information content (AvgIpc) is 2.50. The molecular weight excluding hydrogens is 226 g/mol. The van der Waals surface area contributed by atoms with Gasteiger partial charge in [-0.2, -0.15) is 0 Å². The summed E-state index contributed by atoms with van der Waals surface area (Å²) >= 11 is 6.95. The van der Waals surface area contributed by atoms with Crippen LogP contribution in [0, 0.1) is 0 Å². The molecule has 1 aromatic heterocycles. The van der Waals surface area contributed by atoms with E-state index in [1.165, 1.54) is 11.3 Å². The number of aliphatic hydroxyl groups is 1. The van der Waals surface area contributed by atoms with Crippen molar-refractivity contribution in [2.45, 2.75) is 13.0 Å². The lowest BCUT2D eigenvalue weighted by Crippen LogP contribution is -2.26. The van der Waals surface area contributed by atoms with E-state index in [0.29, 0.717) is 9.90 Å². The maximum absolute atomic E-state index is 11.3. The first kappa shape index (κ1) is 11.5. The number of halogens is 1. The Balaban J connectivity index is 2.40. The molecule has 0 aliphatic heterocycles. The molecule has 1 rings (SSSR count). The van der Waals surface area contributed by atoms with Gasteiger partial charge in [0, 0.05) is 0 Å². The highest BCUT2D eigenvalue weighted by Crippen LogP contribution is 2.21. The second-order valence-electron chi connectivity index (χ2n) is 2.69. The highest BCUT2D eigenvalue weighted by molar-refractivity contribution is 7.12. The lowest BCUT2D eigenvalue weighted by atomic mass is 10.4. The van der Waals surface area contributed by atoms with E-state index in [2.05, 4.69) is 5.48 Å². The first-order chi connectivity index (χ1) is 6.61. The second-order valence-corrected chi connectivity index (χ2v) is 4.01. The largest absolute Gasteiger partial charge is 0.391 e. The van der Waals surface area contributed by atoms with Gasteiger partial charge >= 0.3 is 0 Å². The van der Waals surface area contributed by atoms with E-state index < -0.39 is 12.0 Å². The van der Waals surface area contributed by atoms with Crippen LogP contribution in [0.2, 0.25) is 5.02 Å². The lowest BCUT2D eigenvalue weighted by molar-refractivity contribution is -0.00664. The molecule has 0 spiro atoms. The number of thiophene rings is 1. The van der Waals surface area contributed by atoms with E-state index in [-0.39, 0.29) is 6.61 Å². The molecule has 0 aliphatic rings. The Morgan fingerprint density at radius 1 is 1.86 bits per heavy atom. The first-order valence-electron chi connectivity index (χ1n) is 3.94. The van der Waals surface area contributed by atoms with E-state index in [4.69, 9.17) is 21.5 Å². The number of carbonyl (C=O) groups is 1. The number of carbonyl (C=O) groups excluding carboxylic acids is 1. The van der Waals surface area contributed by atoms with Gasteiger partial charge < -0.3 is 5.11 Å². The van der Waals surface area contributed by atoms with Gasteiger partial charge in [-0.25, -0.2) is 5.48 Å². The van der Waals surface area contributed by atoms with Crippen LogP contribution >= 0.6 is 22.9 Å². The molecule has 0 saturated heterocycles. The molecule has 0 aliphatic carbocycles. The van der Waals surface area contributed by atoms with Crippen molar-refractivity contribution in [1.29, 1.82) is 0 Å². The van der Waals surface area contributed by atoms with Crippen molar-refractivity contribution < 1.29 is 14.7 Å². The molecule has 0 aromatic carbocycles. The first-order valence-corrected chi connectivity index (χ1v) is 5.20. The summed E-state index contributed by atoms with van der Waals surface area (Å²) in [5.41, 5.74) is 2.18. The van der Waals surface area contributed by atoms with Gasteiger partial charge in [0.15, 0.2) is 0 Å².